The number of nitrogens with two attached hydrogens (primary N) is 1. The van der Waals surface area contributed by atoms with Crippen molar-refractivity contribution in [2.45, 2.75) is 24.9 Å². The highest BCUT2D eigenvalue weighted by Crippen LogP contribution is 2.52. The molecule has 0 radical (unpaired) electrons. The van der Waals surface area contributed by atoms with E-state index in [0.717, 1.165) is 5.56 Å². The van der Waals surface area contributed by atoms with Crippen LogP contribution < -0.4 is 16.5 Å². The van der Waals surface area contributed by atoms with Crippen LogP contribution in [0.5, 0.6) is 0 Å². The minimum Gasteiger partial charge on any atom is -0.396 e. The molecule has 0 aromatic heterocycles. The molecule has 1 heterocycles. The summed E-state index contributed by atoms with van der Waals surface area (Å²) in [4.78, 5) is 24.7. The largest absolute Gasteiger partial charge is 0.396 e. The van der Waals surface area contributed by atoms with Crippen molar-refractivity contribution in [1.82, 2.24) is 15.8 Å². The normalized spacial score (nSPS) is 29.5. The third-order valence-corrected chi connectivity index (χ3v) is 5.26. The number of hydrogen-bond acceptors (Lipinski definition) is 5. The summed E-state index contributed by atoms with van der Waals surface area (Å²) in [6, 6.07) is 9.50. The molecular formula is C18H24N4O3. The molecule has 5 N–H and O–H groups in total. The molecule has 0 saturated heterocycles. The molecule has 4 atom stereocenters. The van der Waals surface area contributed by atoms with E-state index in [4.69, 9.17) is 5.73 Å². The monoisotopic (exact) mass is 344 g/mol. The van der Waals surface area contributed by atoms with E-state index in [0.29, 0.717) is 12.1 Å². The maximum atomic E-state index is 12.6. The fourth-order valence-corrected chi connectivity index (χ4v) is 3.74. The van der Waals surface area contributed by atoms with E-state index in [1.54, 1.807) is 11.1 Å². The number of primary amides is 1. The van der Waals surface area contributed by atoms with Gasteiger partial charge in [0.25, 0.3) is 5.91 Å². The average Bonchev–Trinajstić information content (AvgIpc) is 3.32. The molecular weight excluding hydrogens is 320 g/mol. The van der Waals surface area contributed by atoms with E-state index in [9.17, 15) is 14.7 Å². The highest BCUT2D eigenvalue weighted by molar-refractivity contribution is 5.97. The lowest BCUT2D eigenvalue weighted by Gasteiger charge is -2.39. The van der Waals surface area contributed by atoms with Crippen molar-refractivity contribution < 1.29 is 14.7 Å². The maximum Gasteiger partial charge on any atom is 0.268 e. The zero-order valence-corrected chi connectivity index (χ0v) is 14.4. The molecule has 1 unspecified atom stereocenters. The van der Waals surface area contributed by atoms with E-state index in [-0.39, 0.29) is 30.4 Å². The van der Waals surface area contributed by atoms with Gasteiger partial charge in [-0.05, 0) is 36.8 Å². The van der Waals surface area contributed by atoms with Crippen LogP contribution in [-0.2, 0) is 9.59 Å². The van der Waals surface area contributed by atoms with Crippen molar-refractivity contribution in [2.24, 2.45) is 17.6 Å². The number of hydrazine groups is 1. The number of nitrogens with zero attached hydrogens (tertiary/aromatic N) is 1. The zero-order valence-electron chi connectivity index (χ0n) is 14.4. The lowest BCUT2D eigenvalue weighted by molar-refractivity contribution is -0.131. The number of carbonyl (C=O) groups is 2. The molecule has 25 heavy (non-hydrogen) atoms. The Morgan fingerprint density at radius 3 is 2.64 bits per heavy atom. The van der Waals surface area contributed by atoms with Crippen molar-refractivity contribution in [1.29, 1.82) is 0 Å². The molecule has 0 spiro atoms. The highest BCUT2D eigenvalue weighted by Gasteiger charge is 2.62. The molecule has 134 valence electrons. The first kappa shape index (κ1) is 17.4. The van der Waals surface area contributed by atoms with Crippen LogP contribution in [0.3, 0.4) is 0 Å². The quantitative estimate of drug-likeness (QED) is 0.583. The van der Waals surface area contributed by atoms with Crippen LogP contribution in [0.2, 0.25) is 0 Å². The maximum absolute atomic E-state index is 12.6. The van der Waals surface area contributed by atoms with Crippen molar-refractivity contribution in [3.63, 3.8) is 0 Å². The average molecular weight is 344 g/mol. The minimum absolute atomic E-state index is 0.0000566. The number of likely N-dealkylation sites (N-methyl/N-ethyl adjacent to an activating group) is 1. The van der Waals surface area contributed by atoms with Gasteiger partial charge in [0.2, 0.25) is 5.91 Å². The molecule has 3 rings (SSSR count). The fourth-order valence-electron chi connectivity index (χ4n) is 3.74. The molecule has 1 aromatic rings. The molecule has 2 amide bonds. The Kier molecular flexibility index (Phi) is 4.53. The summed E-state index contributed by atoms with van der Waals surface area (Å²) >= 11 is 0. The number of hydrogen-bond donors (Lipinski definition) is 4. The summed E-state index contributed by atoms with van der Waals surface area (Å²) in [6.45, 7) is 1.95. The van der Waals surface area contributed by atoms with E-state index in [1.807, 2.05) is 37.3 Å². The molecule has 7 heteroatoms. The number of nitrogens with one attached hydrogen (secondary N) is 2. The first-order chi connectivity index (χ1) is 12.0. The van der Waals surface area contributed by atoms with E-state index < -0.39 is 11.4 Å². The number of rotatable bonds is 6. The molecule has 1 fully saturated rings. The van der Waals surface area contributed by atoms with Gasteiger partial charge in [-0.1, -0.05) is 30.3 Å². The fraction of sp³-hybridized carbons (Fsp3) is 0.444. The molecule has 2 aliphatic rings. The first-order valence-corrected chi connectivity index (χ1v) is 8.42. The van der Waals surface area contributed by atoms with Gasteiger partial charge in [0.05, 0.1) is 6.04 Å². The van der Waals surface area contributed by atoms with Crippen LogP contribution >= 0.6 is 0 Å². The first-order valence-electron chi connectivity index (χ1n) is 8.42. The third-order valence-electron chi connectivity index (χ3n) is 5.26. The van der Waals surface area contributed by atoms with E-state index in [2.05, 4.69) is 10.7 Å². The van der Waals surface area contributed by atoms with Gasteiger partial charge in [0.15, 0.2) is 0 Å². The lowest BCUT2D eigenvalue weighted by Crippen LogP contribution is -2.59. The van der Waals surface area contributed by atoms with Crippen LogP contribution in [0.15, 0.2) is 42.1 Å². The van der Waals surface area contributed by atoms with Crippen molar-refractivity contribution in [3.8, 4) is 0 Å². The Balaban J connectivity index is 2.03. The van der Waals surface area contributed by atoms with Gasteiger partial charge in [-0.15, -0.1) is 0 Å². The summed E-state index contributed by atoms with van der Waals surface area (Å²) in [6.07, 6.45) is 2.31. The SMILES string of the molecule is CNC(=O)C1=CC(C(N)=O)([C@@H]2C[C@H]2CO)N([C@@H](C)c2ccccc2)N1. The van der Waals surface area contributed by atoms with Gasteiger partial charge in [-0.25, -0.2) is 0 Å². The number of amides is 2. The van der Waals surface area contributed by atoms with Crippen molar-refractivity contribution >= 4 is 11.8 Å². The topological polar surface area (TPSA) is 108 Å². The molecule has 1 saturated carbocycles. The van der Waals surface area contributed by atoms with Gasteiger partial charge in [0, 0.05) is 13.7 Å². The number of benzene rings is 1. The molecule has 0 bridgehead atoms. The third kappa shape index (κ3) is 2.79. The van der Waals surface area contributed by atoms with Crippen LogP contribution in [0.25, 0.3) is 0 Å². The second-order valence-corrected chi connectivity index (χ2v) is 6.68. The summed E-state index contributed by atoms with van der Waals surface area (Å²) in [5.74, 6) is -0.965. The van der Waals surface area contributed by atoms with Gasteiger partial charge in [-0.2, -0.15) is 5.01 Å². The predicted octanol–water partition coefficient (Wildman–Crippen LogP) is 0.0502. The van der Waals surface area contributed by atoms with Crippen LogP contribution in [0, 0.1) is 11.8 Å². The van der Waals surface area contributed by atoms with Gasteiger partial charge >= 0.3 is 0 Å². The van der Waals surface area contributed by atoms with Crippen molar-refractivity contribution in [2.75, 3.05) is 13.7 Å². The number of carbonyl (C=O) groups excluding carboxylic acids is 2. The summed E-state index contributed by atoms with van der Waals surface area (Å²) < 4.78 is 0. The smallest absolute Gasteiger partial charge is 0.268 e. The summed E-state index contributed by atoms with van der Waals surface area (Å²) in [5.41, 5.74) is 9.04. The Hall–Kier alpha value is -2.38. The van der Waals surface area contributed by atoms with Gasteiger partial charge < -0.3 is 21.6 Å². The van der Waals surface area contributed by atoms with Crippen LogP contribution in [-0.4, -0.2) is 41.1 Å². The summed E-state index contributed by atoms with van der Waals surface area (Å²) in [5, 5.41) is 13.8. The zero-order chi connectivity index (χ0) is 18.2. The van der Waals surface area contributed by atoms with Gasteiger partial charge in [-0.3, -0.25) is 9.59 Å². The standard InChI is InChI=1S/C18H24N4O3/c1-11(12-6-4-3-5-7-12)22-18(17(19)25,14-8-13(14)10-23)9-15(21-22)16(24)20-2/h3-7,9,11,13-14,21,23H,8,10H2,1-2H3,(H2,19,25)(H,20,24)/t11-,13-,14+,18?/m0/s1. The minimum atomic E-state index is -1.15. The van der Waals surface area contributed by atoms with E-state index in [1.165, 1.54) is 7.05 Å². The van der Waals surface area contributed by atoms with Crippen LogP contribution in [0.4, 0.5) is 0 Å². The highest BCUT2D eigenvalue weighted by atomic mass is 16.3. The molecule has 1 aliphatic heterocycles. The Bertz CT molecular complexity index is 706. The Labute approximate surface area is 146 Å². The summed E-state index contributed by atoms with van der Waals surface area (Å²) in [7, 11) is 1.54. The lowest BCUT2D eigenvalue weighted by atomic mass is 9.88. The Morgan fingerprint density at radius 1 is 1.44 bits per heavy atom. The van der Waals surface area contributed by atoms with Crippen molar-refractivity contribution in [3.05, 3.63) is 47.7 Å². The van der Waals surface area contributed by atoms with E-state index >= 15 is 0 Å². The Morgan fingerprint density at radius 2 is 2.12 bits per heavy atom. The molecule has 7 nitrogen and oxygen atoms in total. The predicted molar refractivity (Wildman–Crippen MR) is 92.6 cm³/mol. The number of aliphatic hydroxyl groups excluding tert-OH is 1. The second-order valence-electron chi connectivity index (χ2n) is 6.68. The molecule has 1 aliphatic carbocycles. The number of aliphatic hydroxyl groups is 1. The molecule has 1 aromatic carbocycles. The van der Waals surface area contributed by atoms with Crippen LogP contribution in [0.1, 0.15) is 24.9 Å². The van der Waals surface area contributed by atoms with Gasteiger partial charge in [0.1, 0.15) is 11.2 Å². The second kappa shape index (κ2) is 6.50.